The summed E-state index contributed by atoms with van der Waals surface area (Å²) in [5.41, 5.74) is 2.00. The van der Waals surface area contributed by atoms with Gasteiger partial charge in [-0.15, -0.1) is 23.1 Å². The monoisotopic (exact) mass is 948 g/mol. The molecule has 0 aliphatic rings. The zero-order valence-corrected chi connectivity index (χ0v) is 34.7. The van der Waals surface area contributed by atoms with Crippen LogP contribution < -0.4 is 31.8 Å². The van der Waals surface area contributed by atoms with E-state index < -0.39 is 15.8 Å². The van der Waals surface area contributed by atoms with Gasteiger partial charge in [0.25, 0.3) is 0 Å². The zero-order valence-electron chi connectivity index (χ0n) is 28.8. The third-order valence-electron chi connectivity index (χ3n) is 7.99. The van der Waals surface area contributed by atoms with E-state index in [4.69, 9.17) is 16.4 Å². The Kier molecular flexibility index (Phi) is 18.9. The summed E-state index contributed by atoms with van der Waals surface area (Å²) in [6.45, 7) is 3.25. The van der Waals surface area contributed by atoms with Crippen molar-refractivity contribution in [2.24, 2.45) is 0 Å². The zero-order chi connectivity index (χ0) is 37.5. The number of halogens is 2. The molecule has 53 heavy (non-hydrogen) atoms. The Labute approximate surface area is 335 Å². The molecule has 8 rings (SSSR count). The summed E-state index contributed by atoms with van der Waals surface area (Å²) in [6.07, 6.45) is 1.74. The molecule has 0 atom stereocenters. The Bertz CT molecular complexity index is 1820. The van der Waals surface area contributed by atoms with Gasteiger partial charge in [0.2, 0.25) is 0 Å². The number of alkyl halides is 1. The van der Waals surface area contributed by atoms with E-state index >= 15 is 0 Å². The van der Waals surface area contributed by atoms with E-state index in [0.717, 1.165) is 16.5 Å². The van der Waals surface area contributed by atoms with Crippen molar-refractivity contribution in [3.8, 4) is 0 Å². The van der Waals surface area contributed by atoms with Gasteiger partial charge in [0.05, 0.1) is 15.8 Å². The predicted molar refractivity (Wildman–Crippen MR) is 230 cm³/mol. The third kappa shape index (κ3) is 12.7. The number of aromatic nitrogens is 2. The molecule has 0 saturated heterocycles. The van der Waals surface area contributed by atoms with E-state index in [0.29, 0.717) is 5.88 Å². The molecule has 0 amide bonds. The molecule has 7 aromatic carbocycles. The number of rotatable bonds is 7. The number of nitrogens with zero attached hydrogens (tertiary/aromatic N) is 2. The van der Waals surface area contributed by atoms with E-state index in [1.165, 1.54) is 49.7 Å². The first-order valence-corrected chi connectivity index (χ1v) is 23.2. The number of carbonyl (C=O) groups excluding carboxylic acids is 1. The van der Waals surface area contributed by atoms with Crippen LogP contribution in [0.25, 0.3) is 10.9 Å². The minimum Gasteiger partial charge on any atom is -0.0620 e. The van der Waals surface area contributed by atoms with E-state index in [1.54, 1.807) is 6.20 Å². The number of hydrogen-bond acceptors (Lipinski definition) is 3. The molecule has 1 heterocycles. The summed E-state index contributed by atoms with van der Waals surface area (Å²) in [5.74, 6) is 0.531. The third-order valence-corrected chi connectivity index (χ3v) is 13.8. The van der Waals surface area contributed by atoms with Crippen molar-refractivity contribution in [3.63, 3.8) is 0 Å². The van der Waals surface area contributed by atoms with Crippen molar-refractivity contribution in [2.75, 3.05) is 0 Å². The molecule has 3 nitrogen and oxygen atoms in total. The van der Waals surface area contributed by atoms with Crippen LogP contribution in [0.4, 0.5) is 0 Å². The van der Waals surface area contributed by atoms with Gasteiger partial charge >= 0.3 is 27.5 Å². The molecular formula is C45H39Cl2IrN2OP2+2. The van der Waals surface area contributed by atoms with Crippen molar-refractivity contribution in [2.45, 2.75) is 5.88 Å². The Balaban J connectivity index is 0.000000175. The standard InChI is InChI=1S/2C18H15P.C8H6ClN2.CHO.ClH.Ir/c2*1-4-10-16(11-5-1)19(17-12-6-2-7-13-17)18-14-8-3-9-15-18;9-4-6-1-2-7-5-10-11-8(7)3-6;1-2;;/h2*1-15H;1-3,5H,4H2;1H;1H;/q;;2*-1;;+3/p+1. The average Bonchev–Trinajstić information content (AvgIpc) is 3.74. The van der Waals surface area contributed by atoms with Gasteiger partial charge in [-0.2, -0.15) is 6.07 Å². The van der Waals surface area contributed by atoms with Crippen LogP contribution in [-0.2, 0) is 28.6 Å². The second kappa shape index (κ2) is 24.2. The van der Waals surface area contributed by atoms with Crippen LogP contribution in [0.1, 0.15) is 5.56 Å². The van der Waals surface area contributed by atoms with Crippen LogP contribution in [0.2, 0.25) is 0 Å². The Morgan fingerprint density at radius 1 is 0.472 bits per heavy atom. The van der Waals surface area contributed by atoms with Crippen LogP contribution >= 0.6 is 37.0 Å². The summed E-state index contributed by atoms with van der Waals surface area (Å²) >= 11 is 7.12. The largest absolute Gasteiger partial charge is 0.102 e. The van der Waals surface area contributed by atoms with Crippen LogP contribution in [0.3, 0.4) is 0 Å². The maximum atomic E-state index is 7.75. The van der Waals surface area contributed by atoms with Crippen molar-refractivity contribution >= 4 is 86.5 Å². The smallest absolute Gasteiger partial charge is 0.0620 e. The Hall–Kier alpha value is -4.23. The second-order valence-corrected chi connectivity index (χ2v) is 16.5. The molecule has 8 heteroatoms. The molecule has 0 unspecified atom stereocenters. The molecule has 8 aromatic rings. The number of benzene rings is 7. The van der Waals surface area contributed by atoms with E-state index in [9.17, 15) is 0 Å². The molecule has 0 saturated carbocycles. The van der Waals surface area contributed by atoms with Gasteiger partial charge in [-0.3, -0.25) is 6.79 Å². The first kappa shape index (κ1) is 41.5. The molecule has 0 bridgehead atoms. The van der Waals surface area contributed by atoms with Gasteiger partial charge in [-0.1, -0.05) is 127 Å². The van der Waals surface area contributed by atoms with Crippen LogP contribution in [0.15, 0.2) is 206 Å². The fourth-order valence-corrected chi connectivity index (χ4v) is 11.0. The van der Waals surface area contributed by atoms with Crippen LogP contribution in [0.5, 0.6) is 0 Å². The first-order valence-electron chi connectivity index (χ1n) is 16.7. The average molecular weight is 949 g/mol. The van der Waals surface area contributed by atoms with Crippen LogP contribution in [-0.4, -0.2) is 17.0 Å². The summed E-state index contributed by atoms with van der Waals surface area (Å²) in [4.78, 5) is 7.75. The maximum Gasteiger partial charge on any atom is 0.102 e. The first-order chi connectivity index (χ1) is 26.3. The topological polar surface area (TPSA) is 42.9 Å². The molecule has 0 aliphatic heterocycles. The van der Waals surface area contributed by atoms with Gasteiger partial charge in [0, 0.05) is 5.88 Å². The predicted octanol–water partition coefficient (Wildman–Crippen LogP) is 8.85. The molecular weight excluding hydrogens is 910 g/mol. The van der Waals surface area contributed by atoms with Gasteiger partial charge in [0.1, 0.15) is 31.8 Å². The van der Waals surface area contributed by atoms with Gasteiger partial charge < -0.3 is 4.79 Å². The molecule has 1 aromatic heterocycles. The van der Waals surface area contributed by atoms with E-state index in [2.05, 4.69) is 209 Å². The minimum atomic E-state index is -0.877. The second-order valence-electron chi connectivity index (χ2n) is 11.3. The minimum absolute atomic E-state index is 0.531. The van der Waals surface area contributed by atoms with Crippen molar-refractivity contribution in [3.05, 3.63) is 212 Å². The normalized spacial score (nSPS) is 9.98. The summed E-state index contributed by atoms with van der Waals surface area (Å²) in [5, 5.41) is 17.4. The van der Waals surface area contributed by atoms with Crippen molar-refractivity contribution < 1.29 is 22.7 Å². The van der Waals surface area contributed by atoms with Crippen molar-refractivity contribution in [1.29, 1.82) is 0 Å². The molecule has 0 aliphatic carbocycles. The fraction of sp³-hybridized carbons (Fsp3) is 0.0222. The number of fused-ring (bicyclic) bond motifs is 1. The molecule has 0 spiro atoms. The molecule has 0 N–H and O–H groups in total. The van der Waals surface area contributed by atoms with Gasteiger partial charge in [-0.25, -0.2) is 10.2 Å². The van der Waals surface area contributed by atoms with Crippen molar-refractivity contribution in [1.82, 2.24) is 10.2 Å². The van der Waals surface area contributed by atoms with Crippen LogP contribution in [0, 0.1) is 0 Å². The summed E-state index contributed by atoms with van der Waals surface area (Å²) in [7, 11) is 2.88. The fourth-order valence-electron chi connectivity index (χ4n) is 5.65. The quantitative estimate of drug-likeness (QED) is 0.0695. The summed E-state index contributed by atoms with van der Waals surface area (Å²) in [6, 6.07) is 70.9. The summed E-state index contributed by atoms with van der Waals surface area (Å²) < 4.78 is 0. The Morgan fingerprint density at radius 2 is 0.755 bits per heavy atom. The molecule has 0 radical (unpaired) electrons. The van der Waals surface area contributed by atoms with Gasteiger partial charge in [0.15, 0.2) is 0 Å². The SMILES string of the molecule is ClCc1ccc2[cH-]nnc2c1.[CH-]=O.[Cl][Ir+2].c1ccc([PH+](c2ccccc2)c2ccccc2)cc1.c1ccc([PH+](c2ccccc2)c2ccccc2)cc1. The maximum absolute atomic E-state index is 7.75. The molecule has 266 valence electrons. The van der Waals surface area contributed by atoms with E-state index in [1.807, 2.05) is 18.2 Å². The molecule has 0 fully saturated rings. The Morgan fingerprint density at radius 3 is 1.02 bits per heavy atom. The van der Waals surface area contributed by atoms with Gasteiger partial charge in [-0.05, 0) is 78.3 Å². The number of hydrogen-bond donors (Lipinski definition) is 0. The van der Waals surface area contributed by atoms with E-state index in [-0.39, 0.29) is 0 Å².